The number of amides is 1. The molecule has 0 saturated heterocycles. The predicted molar refractivity (Wildman–Crippen MR) is 100 cm³/mol. The summed E-state index contributed by atoms with van der Waals surface area (Å²) >= 11 is 6.21. The zero-order chi connectivity index (χ0) is 21.5. The molecule has 0 aliphatic rings. The molecular weight excluding hydrogens is 426 g/mol. The average molecular weight is 438 g/mol. The van der Waals surface area contributed by atoms with Gasteiger partial charge in [0.15, 0.2) is 11.3 Å². The fraction of sp³-hybridized carbons (Fsp3) is 0.100. The number of nitrogens with zero attached hydrogens (tertiary/aromatic N) is 2. The van der Waals surface area contributed by atoms with Gasteiger partial charge in [0.25, 0.3) is 5.91 Å². The van der Waals surface area contributed by atoms with Gasteiger partial charge in [-0.1, -0.05) is 23.7 Å². The lowest BCUT2D eigenvalue weighted by atomic mass is 10.1. The van der Waals surface area contributed by atoms with Gasteiger partial charge in [-0.3, -0.25) is 9.20 Å². The highest BCUT2D eigenvalue weighted by atomic mass is 35.5. The van der Waals surface area contributed by atoms with Crippen molar-refractivity contribution in [3.05, 3.63) is 82.9 Å². The first-order valence-electron chi connectivity index (χ1n) is 8.58. The first kappa shape index (κ1) is 20.0. The lowest BCUT2D eigenvalue weighted by Gasteiger charge is -2.10. The van der Waals surface area contributed by atoms with Crippen molar-refractivity contribution in [2.75, 3.05) is 0 Å². The summed E-state index contributed by atoms with van der Waals surface area (Å²) in [4.78, 5) is 16.4. The van der Waals surface area contributed by atoms with E-state index in [1.54, 1.807) is 0 Å². The SMILES string of the molecule is O=C(NCc1ccc(F)cc1)c1nc2c(C(F)(F)F)cc(-c3ccoc3)cn2c1Cl. The van der Waals surface area contributed by atoms with E-state index in [0.717, 1.165) is 10.5 Å². The number of halogens is 5. The van der Waals surface area contributed by atoms with Crippen molar-refractivity contribution in [3.8, 4) is 11.1 Å². The monoisotopic (exact) mass is 437 g/mol. The normalized spacial score (nSPS) is 11.8. The summed E-state index contributed by atoms with van der Waals surface area (Å²) in [6.07, 6.45) is -0.752. The Bertz CT molecular complexity index is 1220. The molecule has 0 bridgehead atoms. The van der Waals surface area contributed by atoms with Crippen LogP contribution in [0.1, 0.15) is 21.6 Å². The van der Waals surface area contributed by atoms with Crippen molar-refractivity contribution in [2.45, 2.75) is 12.7 Å². The molecule has 3 aromatic heterocycles. The van der Waals surface area contributed by atoms with E-state index < -0.39 is 29.1 Å². The molecule has 0 unspecified atom stereocenters. The Kier molecular flexibility index (Phi) is 4.98. The zero-order valence-electron chi connectivity index (χ0n) is 15.0. The number of benzene rings is 1. The maximum absolute atomic E-state index is 13.6. The maximum atomic E-state index is 13.6. The van der Waals surface area contributed by atoms with Crippen molar-refractivity contribution in [2.24, 2.45) is 0 Å². The molecule has 154 valence electrons. The second-order valence-electron chi connectivity index (χ2n) is 6.41. The molecule has 3 heterocycles. The van der Waals surface area contributed by atoms with Crippen molar-refractivity contribution < 1.29 is 26.8 Å². The van der Waals surface area contributed by atoms with Crippen molar-refractivity contribution in [1.29, 1.82) is 0 Å². The van der Waals surface area contributed by atoms with Crippen LogP contribution in [-0.4, -0.2) is 15.3 Å². The van der Waals surface area contributed by atoms with Crippen molar-refractivity contribution in [1.82, 2.24) is 14.7 Å². The minimum Gasteiger partial charge on any atom is -0.472 e. The lowest BCUT2D eigenvalue weighted by Crippen LogP contribution is -2.23. The van der Waals surface area contributed by atoms with Gasteiger partial charge in [0, 0.05) is 23.9 Å². The Morgan fingerprint density at radius 3 is 2.53 bits per heavy atom. The summed E-state index contributed by atoms with van der Waals surface area (Å²) < 4.78 is 59.8. The van der Waals surface area contributed by atoms with E-state index in [9.17, 15) is 22.4 Å². The molecule has 1 amide bonds. The third-order valence-electron chi connectivity index (χ3n) is 4.40. The van der Waals surface area contributed by atoms with E-state index >= 15 is 0 Å². The number of hydrogen-bond donors (Lipinski definition) is 1. The minimum absolute atomic E-state index is 0.0235. The summed E-state index contributed by atoms with van der Waals surface area (Å²) in [5.74, 6) is -1.19. The van der Waals surface area contributed by atoms with E-state index in [-0.39, 0.29) is 23.0 Å². The zero-order valence-corrected chi connectivity index (χ0v) is 15.8. The third-order valence-corrected chi connectivity index (χ3v) is 4.76. The van der Waals surface area contributed by atoms with Crippen LogP contribution in [-0.2, 0) is 12.7 Å². The molecule has 0 fully saturated rings. The van der Waals surface area contributed by atoms with E-state index in [2.05, 4.69) is 10.3 Å². The van der Waals surface area contributed by atoms with Gasteiger partial charge in [-0.05, 0) is 29.8 Å². The number of carbonyl (C=O) groups excluding carboxylic acids is 1. The van der Waals surface area contributed by atoms with Crippen LogP contribution < -0.4 is 5.32 Å². The largest absolute Gasteiger partial charge is 0.472 e. The fourth-order valence-corrected chi connectivity index (χ4v) is 3.18. The lowest BCUT2D eigenvalue weighted by molar-refractivity contribution is -0.136. The minimum atomic E-state index is -4.72. The van der Waals surface area contributed by atoms with Crippen LogP contribution in [0, 0.1) is 5.82 Å². The maximum Gasteiger partial charge on any atom is 0.420 e. The second kappa shape index (κ2) is 7.49. The van der Waals surface area contributed by atoms with E-state index in [1.807, 2.05) is 0 Å². The molecule has 0 aliphatic carbocycles. The van der Waals surface area contributed by atoms with Crippen LogP contribution in [0.2, 0.25) is 5.15 Å². The van der Waals surface area contributed by atoms with E-state index in [1.165, 1.54) is 49.1 Å². The Labute approximate surface area is 171 Å². The van der Waals surface area contributed by atoms with Crippen LogP contribution in [0.25, 0.3) is 16.8 Å². The smallest absolute Gasteiger partial charge is 0.420 e. The summed E-state index contributed by atoms with van der Waals surface area (Å²) in [6, 6.07) is 7.82. The number of imidazole rings is 1. The molecule has 0 radical (unpaired) electrons. The quantitative estimate of drug-likeness (QED) is 0.439. The molecule has 0 saturated carbocycles. The molecule has 0 aliphatic heterocycles. The van der Waals surface area contributed by atoms with Gasteiger partial charge in [-0.15, -0.1) is 0 Å². The number of carbonyl (C=O) groups is 1. The van der Waals surface area contributed by atoms with E-state index in [4.69, 9.17) is 16.0 Å². The highest BCUT2D eigenvalue weighted by Gasteiger charge is 2.36. The van der Waals surface area contributed by atoms with Gasteiger partial charge >= 0.3 is 6.18 Å². The van der Waals surface area contributed by atoms with Crippen LogP contribution in [0.3, 0.4) is 0 Å². The molecule has 4 aromatic rings. The number of aromatic nitrogens is 2. The number of nitrogens with one attached hydrogen (secondary N) is 1. The summed E-state index contributed by atoms with van der Waals surface area (Å²) in [5.41, 5.74) is -0.681. The third kappa shape index (κ3) is 3.76. The molecular formula is C20H12ClF4N3O2. The van der Waals surface area contributed by atoms with E-state index in [0.29, 0.717) is 11.1 Å². The number of pyridine rings is 1. The molecule has 4 rings (SSSR count). The summed E-state index contributed by atoms with van der Waals surface area (Å²) in [6.45, 7) is 0.0235. The fourth-order valence-electron chi connectivity index (χ4n) is 2.93. The van der Waals surface area contributed by atoms with Crippen LogP contribution in [0.15, 0.2) is 59.5 Å². The standard InChI is InChI=1S/C20H12ClF4N3O2/c21-17-16(19(29)26-8-11-1-3-14(22)4-2-11)27-18-15(20(23,24)25)7-13(9-28(17)18)12-5-6-30-10-12/h1-7,9-10H,8H2,(H,26,29). The van der Waals surface area contributed by atoms with Crippen LogP contribution in [0.5, 0.6) is 0 Å². The van der Waals surface area contributed by atoms with Crippen LogP contribution in [0.4, 0.5) is 17.6 Å². The first-order chi connectivity index (χ1) is 14.2. The van der Waals surface area contributed by atoms with Gasteiger partial charge in [-0.25, -0.2) is 9.37 Å². The van der Waals surface area contributed by atoms with Gasteiger partial charge in [0.2, 0.25) is 0 Å². The number of rotatable bonds is 4. The number of hydrogen-bond acceptors (Lipinski definition) is 3. The number of fused-ring (bicyclic) bond motifs is 1. The second-order valence-corrected chi connectivity index (χ2v) is 6.76. The average Bonchev–Trinajstić information content (AvgIpc) is 3.34. The highest BCUT2D eigenvalue weighted by molar-refractivity contribution is 6.33. The molecule has 0 spiro atoms. The molecule has 10 heteroatoms. The highest BCUT2D eigenvalue weighted by Crippen LogP contribution is 2.37. The Hall–Kier alpha value is -3.33. The Morgan fingerprint density at radius 2 is 1.90 bits per heavy atom. The molecule has 5 nitrogen and oxygen atoms in total. The van der Waals surface area contributed by atoms with Gasteiger partial charge < -0.3 is 9.73 Å². The number of furan rings is 1. The Morgan fingerprint density at radius 1 is 1.17 bits per heavy atom. The van der Waals surface area contributed by atoms with Gasteiger partial charge in [0.05, 0.1) is 18.1 Å². The first-order valence-corrected chi connectivity index (χ1v) is 8.96. The topological polar surface area (TPSA) is 59.5 Å². The molecule has 1 N–H and O–H groups in total. The molecule has 0 atom stereocenters. The van der Waals surface area contributed by atoms with Crippen molar-refractivity contribution >= 4 is 23.2 Å². The van der Waals surface area contributed by atoms with Crippen LogP contribution >= 0.6 is 11.6 Å². The molecule has 1 aromatic carbocycles. The van der Waals surface area contributed by atoms with Crippen molar-refractivity contribution in [3.63, 3.8) is 0 Å². The van der Waals surface area contributed by atoms with Gasteiger partial charge in [0.1, 0.15) is 11.0 Å². The summed E-state index contributed by atoms with van der Waals surface area (Å²) in [7, 11) is 0. The Balaban J connectivity index is 1.73. The van der Waals surface area contributed by atoms with Gasteiger partial charge in [-0.2, -0.15) is 13.2 Å². The molecule has 30 heavy (non-hydrogen) atoms. The predicted octanol–water partition coefficient (Wildman–Crippen LogP) is 5.34. The number of alkyl halides is 3. The summed E-state index contributed by atoms with van der Waals surface area (Å²) in [5, 5.41) is 2.25.